The standard InChI is InChI=1S/C34H49F5/c1-2-3-4-5-24-8-13-27(14-9-24)28-15-10-25(11-16-28)6-7-26-12-21-31(32(35)22-26)29-17-19-30(20-18-29)33(36)23-34(37,38)39/h12,21-25,27-30H,2-11,13-20H2,1H3/b33-23-. The van der Waals surface area contributed by atoms with Crippen LogP contribution in [0, 0.1) is 35.4 Å². The van der Waals surface area contributed by atoms with Crippen molar-refractivity contribution in [2.75, 3.05) is 0 Å². The van der Waals surface area contributed by atoms with Crippen LogP contribution < -0.4 is 0 Å². The Balaban J connectivity index is 1.16. The van der Waals surface area contributed by atoms with Crippen LogP contribution in [0.5, 0.6) is 0 Å². The summed E-state index contributed by atoms with van der Waals surface area (Å²) in [6.45, 7) is 2.29. The molecule has 0 spiro atoms. The highest BCUT2D eigenvalue weighted by molar-refractivity contribution is 5.28. The van der Waals surface area contributed by atoms with Crippen molar-refractivity contribution in [1.29, 1.82) is 0 Å². The lowest BCUT2D eigenvalue weighted by atomic mass is 9.68. The van der Waals surface area contributed by atoms with Gasteiger partial charge < -0.3 is 0 Å². The Labute approximate surface area is 233 Å². The summed E-state index contributed by atoms with van der Waals surface area (Å²) in [5, 5.41) is 0. The molecule has 1 aromatic carbocycles. The summed E-state index contributed by atoms with van der Waals surface area (Å²) < 4.78 is 66.3. The van der Waals surface area contributed by atoms with Crippen LogP contribution in [0.2, 0.25) is 0 Å². The van der Waals surface area contributed by atoms with Crippen LogP contribution in [0.3, 0.4) is 0 Å². The average molecular weight is 553 g/mol. The topological polar surface area (TPSA) is 0 Å². The van der Waals surface area contributed by atoms with Crippen LogP contribution in [-0.4, -0.2) is 6.18 Å². The molecule has 4 rings (SSSR count). The molecule has 0 nitrogen and oxygen atoms in total. The number of hydrogen-bond donors (Lipinski definition) is 0. The van der Waals surface area contributed by atoms with Crippen molar-refractivity contribution >= 4 is 0 Å². The van der Waals surface area contributed by atoms with Crippen LogP contribution in [0.4, 0.5) is 22.0 Å². The summed E-state index contributed by atoms with van der Waals surface area (Å²) in [5.41, 5.74) is 1.67. The number of rotatable bonds is 10. The number of hydrogen-bond acceptors (Lipinski definition) is 0. The summed E-state index contributed by atoms with van der Waals surface area (Å²) >= 11 is 0. The molecule has 3 aliphatic rings. The smallest absolute Gasteiger partial charge is 0.212 e. The van der Waals surface area contributed by atoms with Gasteiger partial charge in [-0.3, -0.25) is 0 Å². The molecule has 0 saturated heterocycles. The molecule has 0 unspecified atom stereocenters. The van der Waals surface area contributed by atoms with E-state index in [0.29, 0.717) is 31.2 Å². The molecule has 3 saturated carbocycles. The van der Waals surface area contributed by atoms with Gasteiger partial charge in [0.25, 0.3) is 0 Å². The van der Waals surface area contributed by atoms with Crippen molar-refractivity contribution in [2.45, 2.75) is 135 Å². The number of halogens is 5. The molecule has 3 fully saturated rings. The van der Waals surface area contributed by atoms with E-state index < -0.39 is 17.9 Å². The van der Waals surface area contributed by atoms with Crippen molar-refractivity contribution in [3.63, 3.8) is 0 Å². The van der Waals surface area contributed by atoms with Gasteiger partial charge >= 0.3 is 6.18 Å². The van der Waals surface area contributed by atoms with Crippen molar-refractivity contribution in [3.05, 3.63) is 47.0 Å². The Hall–Kier alpha value is -1.39. The van der Waals surface area contributed by atoms with Crippen LogP contribution in [-0.2, 0) is 6.42 Å². The van der Waals surface area contributed by atoms with E-state index in [4.69, 9.17) is 0 Å². The quantitative estimate of drug-likeness (QED) is 0.200. The molecule has 5 heteroatoms. The molecule has 0 bridgehead atoms. The number of unbranched alkanes of at least 4 members (excludes halogenated alkanes) is 2. The molecule has 0 N–H and O–H groups in total. The first-order valence-corrected chi connectivity index (χ1v) is 15.9. The first-order chi connectivity index (χ1) is 18.7. The monoisotopic (exact) mass is 552 g/mol. The molecular weight excluding hydrogens is 503 g/mol. The second kappa shape index (κ2) is 14.5. The minimum absolute atomic E-state index is 0.0457. The van der Waals surface area contributed by atoms with Gasteiger partial charge in [-0.05, 0) is 111 Å². The number of alkyl halides is 3. The lowest BCUT2D eigenvalue weighted by Crippen LogP contribution is -2.26. The number of benzene rings is 1. The van der Waals surface area contributed by atoms with E-state index in [9.17, 15) is 17.6 Å². The zero-order chi connectivity index (χ0) is 27.8. The molecule has 0 radical (unpaired) electrons. The zero-order valence-electron chi connectivity index (χ0n) is 23.9. The van der Waals surface area contributed by atoms with E-state index in [1.54, 1.807) is 6.07 Å². The van der Waals surface area contributed by atoms with Gasteiger partial charge in [-0.15, -0.1) is 0 Å². The SMILES string of the molecule is CCCCCC1CCC(C2CCC(CCc3ccc(C4CCC(/C(F)=C/C(F)(F)F)CC4)c(F)c3)CC2)CC1. The number of allylic oxidation sites excluding steroid dienone is 2. The molecule has 220 valence electrons. The molecule has 0 atom stereocenters. The second-order valence-corrected chi connectivity index (χ2v) is 13.1. The minimum Gasteiger partial charge on any atom is -0.212 e. The molecule has 1 aromatic rings. The first-order valence-electron chi connectivity index (χ1n) is 15.9. The second-order valence-electron chi connectivity index (χ2n) is 13.1. The van der Waals surface area contributed by atoms with Gasteiger partial charge in [0.05, 0.1) is 6.08 Å². The lowest BCUT2D eigenvalue weighted by molar-refractivity contribution is -0.0820. The van der Waals surface area contributed by atoms with Crippen molar-refractivity contribution in [3.8, 4) is 0 Å². The van der Waals surface area contributed by atoms with Crippen molar-refractivity contribution in [2.24, 2.45) is 29.6 Å². The van der Waals surface area contributed by atoms with E-state index in [1.807, 2.05) is 12.1 Å². The van der Waals surface area contributed by atoms with E-state index in [1.165, 1.54) is 77.0 Å². The van der Waals surface area contributed by atoms with E-state index in [2.05, 4.69) is 6.92 Å². The predicted octanol–water partition coefficient (Wildman–Crippen LogP) is 11.6. The fraction of sp³-hybridized carbons (Fsp3) is 0.765. The molecule has 39 heavy (non-hydrogen) atoms. The third kappa shape index (κ3) is 9.32. The van der Waals surface area contributed by atoms with Gasteiger partial charge in [-0.2, -0.15) is 13.2 Å². The summed E-state index contributed by atoms with van der Waals surface area (Å²) in [5.74, 6) is 1.54. The summed E-state index contributed by atoms with van der Waals surface area (Å²) in [7, 11) is 0. The average Bonchev–Trinajstić information content (AvgIpc) is 2.92. The van der Waals surface area contributed by atoms with Gasteiger partial charge in [0.2, 0.25) is 0 Å². The number of aryl methyl sites for hydroxylation is 1. The van der Waals surface area contributed by atoms with Crippen molar-refractivity contribution in [1.82, 2.24) is 0 Å². The summed E-state index contributed by atoms with van der Waals surface area (Å²) in [6, 6.07) is 5.56. The largest absolute Gasteiger partial charge is 0.412 e. The Morgan fingerprint density at radius 1 is 0.795 bits per heavy atom. The maximum Gasteiger partial charge on any atom is 0.412 e. The molecule has 0 aliphatic heterocycles. The third-order valence-corrected chi connectivity index (χ3v) is 10.4. The Kier molecular flexibility index (Phi) is 11.4. The fourth-order valence-electron chi connectivity index (χ4n) is 7.96. The zero-order valence-corrected chi connectivity index (χ0v) is 23.9. The van der Waals surface area contributed by atoms with Crippen LogP contribution in [0.25, 0.3) is 0 Å². The van der Waals surface area contributed by atoms with E-state index in [0.717, 1.165) is 42.1 Å². The minimum atomic E-state index is -4.63. The molecule has 0 aromatic heterocycles. The first kappa shape index (κ1) is 30.6. The Morgan fingerprint density at radius 3 is 1.92 bits per heavy atom. The highest BCUT2D eigenvalue weighted by Gasteiger charge is 2.32. The van der Waals surface area contributed by atoms with E-state index >= 15 is 4.39 Å². The molecule has 0 amide bonds. The highest BCUT2D eigenvalue weighted by atomic mass is 19.4. The Bertz CT molecular complexity index is 895. The van der Waals surface area contributed by atoms with Gasteiger partial charge in [0, 0.05) is 5.92 Å². The van der Waals surface area contributed by atoms with E-state index in [-0.39, 0.29) is 17.8 Å². The highest BCUT2D eigenvalue weighted by Crippen LogP contribution is 2.44. The van der Waals surface area contributed by atoms with Gasteiger partial charge in [0.15, 0.2) is 0 Å². The Morgan fingerprint density at radius 2 is 1.38 bits per heavy atom. The maximum absolute atomic E-state index is 15.0. The van der Waals surface area contributed by atoms with Crippen LogP contribution >= 0.6 is 0 Å². The van der Waals surface area contributed by atoms with Crippen LogP contribution in [0.15, 0.2) is 30.1 Å². The van der Waals surface area contributed by atoms with Gasteiger partial charge in [-0.25, -0.2) is 8.78 Å². The van der Waals surface area contributed by atoms with Gasteiger partial charge in [0.1, 0.15) is 11.6 Å². The normalized spacial score (nSPS) is 30.9. The van der Waals surface area contributed by atoms with Crippen molar-refractivity contribution < 1.29 is 22.0 Å². The third-order valence-electron chi connectivity index (χ3n) is 10.4. The maximum atomic E-state index is 15.0. The lowest BCUT2D eigenvalue weighted by Gasteiger charge is -2.38. The van der Waals surface area contributed by atoms with Gasteiger partial charge in [-0.1, -0.05) is 70.4 Å². The fourth-order valence-corrected chi connectivity index (χ4v) is 7.96. The predicted molar refractivity (Wildman–Crippen MR) is 150 cm³/mol. The summed E-state index contributed by atoms with van der Waals surface area (Å²) in [4.78, 5) is 0. The molecule has 3 aliphatic carbocycles. The van der Waals surface area contributed by atoms with Crippen LogP contribution in [0.1, 0.15) is 133 Å². The summed E-state index contributed by atoms with van der Waals surface area (Å²) in [6.07, 6.45) is 15.6. The molecule has 0 heterocycles. The molecular formula is C34H49F5.